The number of imidazole rings is 1. The monoisotopic (exact) mass is 292 g/mol. The second-order valence-corrected chi connectivity index (χ2v) is 5.51. The third-order valence-electron chi connectivity index (χ3n) is 3.80. The molecule has 3 aromatic carbocycles. The van der Waals surface area contributed by atoms with Crippen LogP contribution >= 0.6 is 11.6 Å². The number of rotatable bonds is 1. The first-order valence-corrected chi connectivity index (χ1v) is 7.25. The Morgan fingerprint density at radius 1 is 0.905 bits per heavy atom. The minimum Gasteiger partial charge on any atom is -0.296 e. The highest BCUT2D eigenvalue weighted by Gasteiger charge is 2.12. The third-order valence-corrected chi connectivity index (χ3v) is 4.12. The van der Waals surface area contributed by atoms with E-state index in [2.05, 4.69) is 39.9 Å². The summed E-state index contributed by atoms with van der Waals surface area (Å²) in [6.45, 7) is 2.02. The van der Waals surface area contributed by atoms with Gasteiger partial charge < -0.3 is 0 Å². The zero-order valence-corrected chi connectivity index (χ0v) is 12.3. The lowest BCUT2D eigenvalue weighted by molar-refractivity contribution is 1.01. The van der Waals surface area contributed by atoms with E-state index in [-0.39, 0.29) is 0 Å². The molecule has 0 aliphatic heterocycles. The quantitative estimate of drug-likeness (QED) is 0.475. The van der Waals surface area contributed by atoms with E-state index in [1.54, 1.807) is 0 Å². The molecule has 1 aromatic heterocycles. The predicted octanol–water partition coefficient (Wildman–Crippen LogP) is 5.14. The zero-order chi connectivity index (χ0) is 14.4. The molecule has 0 aliphatic carbocycles. The molecular formula is C18H13ClN2. The summed E-state index contributed by atoms with van der Waals surface area (Å²) in [5.41, 5.74) is 3.17. The molecule has 0 bridgehead atoms. The van der Waals surface area contributed by atoms with E-state index in [1.807, 2.05) is 37.3 Å². The minimum absolute atomic E-state index is 0.764. The lowest BCUT2D eigenvalue weighted by Crippen LogP contribution is -1.98. The molecule has 2 nitrogen and oxygen atoms in total. The van der Waals surface area contributed by atoms with Crippen LogP contribution in [0, 0.1) is 6.92 Å². The summed E-state index contributed by atoms with van der Waals surface area (Å²) < 4.78 is 2.17. The molecule has 0 saturated heterocycles. The number of aryl methyl sites for hydroxylation is 1. The summed E-state index contributed by atoms with van der Waals surface area (Å²) in [5.74, 6) is 0.962. The predicted molar refractivity (Wildman–Crippen MR) is 88.3 cm³/mol. The highest BCUT2D eigenvalue weighted by atomic mass is 35.5. The molecule has 0 atom stereocenters. The Bertz CT molecular complexity index is 964. The Kier molecular flexibility index (Phi) is 2.72. The van der Waals surface area contributed by atoms with Gasteiger partial charge in [-0.25, -0.2) is 4.98 Å². The molecule has 3 heteroatoms. The maximum Gasteiger partial charge on any atom is 0.111 e. The topological polar surface area (TPSA) is 17.8 Å². The molecule has 0 unspecified atom stereocenters. The van der Waals surface area contributed by atoms with Gasteiger partial charge >= 0.3 is 0 Å². The van der Waals surface area contributed by atoms with Crippen LogP contribution in [0.25, 0.3) is 27.5 Å². The van der Waals surface area contributed by atoms with Crippen molar-refractivity contribution >= 4 is 33.4 Å². The highest BCUT2D eigenvalue weighted by molar-refractivity contribution is 6.36. The number of benzene rings is 3. The van der Waals surface area contributed by atoms with E-state index in [1.165, 1.54) is 0 Å². The molecule has 21 heavy (non-hydrogen) atoms. The van der Waals surface area contributed by atoms with Crippen LogP contribution in [0.4, 0.5) is 0 Å². The fraction of sp³-hybridized carbons (Fsp3) is 0.0556. The molecule has 4 aromatic rings. The molecule has 102 valence electrons. The second-order valence-electron chi connectivity index (χ2n) is 5.10. The van der Waals surface area contributed by atoms with E-state index in [0.29, 0.717) is 0 Å². The summed E-state index contributed by atoms with van der Waals surface area (Å²) in [4.78, 5) is 4.65. The smallest absolute Gasteiger partial charge is 0.111 e. The molecule has 1 heterocycles. The molecule has 0 spiro atoms. The summed E-state index contributed by atoms with van der Waals surface area (Å²) >= 11 is 6.45. The molecule has 0 aliphatic rings. The Labute approximate surface area is 127 Å². The zero-order valence-electron chi connectivity index (χ0n) is 11.5. The molecule has 0 saturated carbocycles. The highest BCUT2D eigenvalue weighted by Crippen LogP contribution is 2.32. The van der Waals surface area contributed by atoms with Gasteiger partial charge in [0.1, 0.15) is 5.82 Å². The largest absolute Gasteiger partial charge is 0.296 e. The Morgan fingerprint density at radius 3 is 2.52 bits per heavy atom. The fourth-order valence-corrected chi connectivity index (χ4v) is 3.19. The van der Waals surface area contributed by atoms with Gasteiger partial charge in [-0.15, -0.1) is 0 Å². The summed E-state index contributed by atoms with van der Waals surface area (Å²) in [6.07, 6.45) is 0. The Morgan fingerprint density at radius 2 is 1.67 bits per heavy atom. The minimum atomic E-state index is 0.764. The first-order chi connectivity index (χ1) is 10.3. The van der Waals surface area contributed by atoms with Gasteiger partial charge in [-0.05, 0) is 36.6 Å². The number of hydrogen-bond donors (Lipinski definition) is 0. The van der Waals surface area contributed by atoms with Crippen molar-refractivity contribution in [3.63, 3.8) is 0 Å². The number of para-hydroxylation sites is 2. The second kappa shape index (κ2) is 4.61. The lowest BCUT2D eigenvalue weighted by Gasteiger charge is -2.12. The average Bonchev–Trinajstić information content (AvgIpc) is 2.82. The number of nitrogens with zero attached hydrogens (tertiary/aromatic N) is 2. The maximum atomic E-state index is 6.45. The maximum absolute atomic E-state index is 6.45. The number of hydrogen-bond acceptors (Lipinski definition) is 1. The molecular weight excluding hydrogens is 280 g/mol. The van der Waals surface area contributed by atoms with Crippen molar-refractivity contribution in [1.82, 2.24) is 9.55 Å². The fourth-order valence-electron chi connectivity index (χ4n) is 2.91. The van der Waals surface area contributed by atoms with E-state index in [9.17, 15) is 0 Å². The number of halogens is 1. The lowest BCUT2D eigenvalue weighted by atomic mass is 10.1. The molecule has 0 amide bonds. The van der Waals surface area contributed by atoms with Crippen LogP contribution in [0.15, 0.2) is 60.7 Å². The SMILES string of the molecule is Cc1nc2ccccc2n1-c1cccc2cccc(Cl)c12. The van der Waals surface area contributed by atoms with Gasteiger partial charge in [-0.3, -0.25) is 4.57 Å². The van der Waals surface area contributed by atoms with Crippen molar-refractivity contribution in [1.29, 1.82) is 0 Å². The van der Waals surface area contributed by atoms with Gasteiger partial charge in [-0.1, -0.05) is 48.0 Å². The van der Waals surface area contributed by atoms with Gasteiger partial charge in [0.05, 0.1) is 21.7 Å². The van der Waals surface area contributed by atoms with Crippen LogP contribution in [0.3, 0.4) is 0 Å². The van der Waals surface area contributed by atoms with Crippen molar-refractivity contribution in [2.24, 2.45) is 0 Å². The van der Waals surface area contributed by atoms with Gasteiger partial charge in [0, 0.05) is 5.39 Å². The van der Waals surface area contributed by atoms with Crippen LogP contribution in [-0.2, 0) is 0 Å². The standard InChI is InChI=1S/C18H13ClN2/c1-12-20-15-9-2-3-10-16(15)21(12)17-11-5-7-13-6-4-8-14(19)18(13)17/h2-11H,1H3. The summed E-state index contributed by atoms with van der Waals surface area (Å²) in [7, 11) is 0. The van der Waals surface area contributed by atoms with Gasteiger partial charge in [0.15, 0.2) is 0 Å². The van der Waals surface area contributed by atoms with Crippen molar-refractivity contribution in [2.45, 2.75) is 6.92 Å². The summed E-state index contributed by atoms with van der Waals surface area (Å²) in [5, 5.41) is 2.96. The van der Waals surface area contributed by atoms with Crippen molar-refractivity contribution in [3.8, 4) is 5.69 Å². The van der Waals surface area contributed by atoms with E-state index in [0.717, 1.165) is 38.3 Å². The molecule has 4 rings (SSSR count). The van der Waals surface area contributed by atoms with Gasteiger partial charge in [0.25, 0.3) is 0 Å². The Balaban J connectivity index is 2.17. The third kappa shape index (κ3) is 1.83. The normalized spacial score (nSPS) is 11.3. The molecule has 0 radical (unpaired) electrons. The number of aromatic nitrogens is 2. The van der Waals surface area contributed by atoms with Crippen molar-refractivity contribution < 1.29 is 0 Å². The van der Waals surface area contributed by atoms with E-state index >= 15 is 0 Å². The van der Waals surface area contributed by atoms with Crippen molar-refractivity contribution in [2.75, 3.05) is 0 Å². The first-order valence-electron chi connectivity index (χ1n) is 6.87. The summed E-state index contributed by atoms with van der Waals surface area (Å²) in [6, 6.07) is 20.4. The van der Waals surface area contributed by atoms with E-state index in [4.69, 9.17) is 11.6 Å². The van der Waals surface area contributed by atoms with Crippen molar-refractivity contribution in [3.05, 3.63) is 71.5 Å². The average molecular weight is 293 g/mol. The first kappa shape index (κ1) is 12.4. The van der Waals surface area contributed by atoms with Crippen LogP contribution in [-0.4, -0.2) is 9.55 Å². The van der Waals surface area contributed by atoms with Gasteiger partial charge in [-0.2, -0.15) is 0 Å². The Hall–Kier alpha value is -2.32. The van der Waals surface area contributed by atoms with Crippen LogP contribution in [0.5, 0.6) is 0 Å². The van der Waals surface area contributed by atoms with Crippen LogP contribution in [0.1, 0.15) is 5.82 Å². The van der Waals surface area contributed by atoms with Gasteiger partial charge in [0.2, 0.25) is 0 Å². The van der Waals surface area contributed by atoms with Crippen LogP contribution in [0.2, 0.25) is 5.02 Å². The van der Waals surface area contributed by atoms with E-state index < -0.39 is 0 Å². The van der Waals surface area contributed by atoms with Crippen LogP contribution < -0.4 is 0 Å². The molecule has 0 N–H and O–H groups in total. The number of fused-ring (bicyclic) bond motifs is 2. The molecule has 0 fully saturated rings.